The first kappa shape index (κ1) is 12.1. The predicted octanol–water partition coefficient (Wildman–Crippen LogP) is 1.89. The maximum absolute atomic E-state index is 8.65. The largest absolute Gasteiger partial charge is 0.396 e. The van der Waals surface area contributed by atoms with Crippen LogP contribution in [-0.4, -0.2) is 28.2 Å². The minimum absolute atomic E-state index is 0.195. The number of nitrogens with one attached hydrogen (secondary N) is 2. The summed E-state index contributed by atoms with van der Waals surface area (Å²) in [5, 5.41) is 11.8. The Balaban J connectivity index is 2.66. The molecule has 15 heavy (non-hydrogen) atoms. The van der Waals surface area contributed by atoms with Crippen molar-refractivity contribution < 1.29 is 5.11 Å². The molecule has 1 aromatic rings. The molecule has 0 aliphatic rings. The summed E-state index contributed by atoms with van der Waals surface area (Å²) in [6.45, 7) is 3.03. The summed E-state index contributed by atoms with van der Waals surface area (Å²) >= 11 is 5.06. The summed E-state index contributed by atoms with van der Waals surface area (Å²) in [6.07, 6.45) is 2.67. The van der Waals surface area contributed by atoms with Gasteiger partial charge in [-0.3, -0.25) is 0 Å². The molecule has 4 nitrogen and oxygen atoms in total. The maximum atomic E-state index is 8.65. The van der Waals surface area contributed by atoms with E-state index in [0.717, 1.165) is 37.4 Å². The minimum Gasteiger partial charge on any atom is -0.396 e. The second-order valence-corrected chi connectivity index (χ2v) is 3.75. The van der Waals surface area contributed by atoms with Crippen LogP contribution in [0.5, 0.6) is 0 Å². The van der Waals surface area contributed by atoms with E-state index >= 15 is 0 Å². The van der Waals surface area contributed by atoms with Gasteiger partial charge in [-0.15, -0.1) is 0 Å². The molecule has 0 radical (unpaired) electrons. The van der Waals surface area contributed by atoms with Crippen molar-refractivity contribution in [3.63, 3.8) is 0 Å². The molecule has 0 spiro atoms. The highest BCUT2D eigenvalue weighted by Crippen LogP contribution is 2.05. The molecule has 3 N–H and O–H groups in total. The SMILES string of the molecule is CCCc1nc(=S)cc(NCCCO)[nH]1. The molecule has 0 unspecified atom stereocenters. The summed E-state index contributed by atoms with van der Waals surface area (Å²) in [5.41, 5.74) is 0. The van der Waals surface area contributed by atoms with E-state index in [-0.39, 0.29) is 6.61 Å². The first-order valence-corrected chi connectivity index (χ1v) is 5.62. The Kier molecular flexibility index (Phi) is 5.28. The van der Waals surface area contributed by atoms with E-state index in [0.29, 0.717) is 4.64 Å². The smallest absolute Gasteiger partial charge is 0.131 e. The molecule has 0 aliphatic carbocycles. The zero-order valence-corrected chi connectivity index (χ0v) is 9.73. The monoisotopic (exact) mass is 227 g/mol. The van der Waals surface area contributed by atoms with Gasteiger partial charge in [0.05, 0.1) is 0 Å². The Morgan fingerprint density at radius 2 is 2.40 bits per heavy atom. The molecule has 1 rings (SSSR count). The number of aliphatic hydroxyl groups is 1. The molecule has 0 aliphatic heterocycles. The van der Waals surface area contributed by atoms with Crippen LogP contribution in [0.25, 0.3) is 0 Å². The number of hydrogen-bond acceptors (Lipinski definition) is 4. The minimum atomic E-state index is 0.195. The number of rotatable bonds is 6. The first-order valence-electron chi connectivity index (χ1n) is 5.21. The van der Waals surface area contributed by atoms with Gasteiger partial charge in [-0.05, 0) is 12.8 Å². The summed E-state index contributed by atoms with van der Waals surface area (Å²) < 4.78 is 0.601. The van der Waals surface area contributed by atoms with E-state index < -0.39 is 0 Å². The van der Waals surface area contributed by atoms with Crippen LogP contribution in [-0.2, 0) is 6.42 Å². The van der Waals surface area contributed by atoms with Gasteiger partial charge >= 0.3 is 0 Å². The molecule has 0 bridgehead atoms. The van der Waals surface area contributed by atoms with Crippen molar-refractivity contribution in [3.05, 3.63) is 16.5 Å². The van der Waals surface area contributed by atoms with Gasteiger partial charge in [0.1, 0.15) is 16.3 Å². The van der Waals surface area contributed by atoms with E-state index in [1.54, 1.807) is 6.07 Å². The summed E-state index contributed by atoms with van der Waals surface area (Å²) in [6, 6.07) is 1.80. The van der Waals surface area contributed by atoms with Crippen LogP contribution in [0.15, 0.2) is 6.07 Å². The standard InChI is InChI=1S/C10H17N3OS/c1-2-4-8-12-9(7-10(15)13-8)11-5-3-6-14/h7,14H,2-6H2,1H3,(H2,11,12,13,15). The fourth-order valence-electron chi connectivity index (χ4n) is 1.26. The molecular formula is C10H17N3OS. The number of H-pyrrole nitrogens is 1. The van der Waals surface area contributed by atoms with Crippen LogP contribution >= 0.6 is 12.2 Å². The van der Waals surface area contributed by atoms with Crippen molar-refractivity contribution >= 4 is 18.0 Å². The first-order chi connectivity index (χ1) is 7.26. The van der Waals surface area contributed by atoms with Gasteiger partial charge in [0.25, 0.3) is 0 Å². The van der Waals surface area contributed by atoms with Crippen molar-refractivity contribution in [2.24, 2.45) is 0 Å². The Morgan fingerprint density at radius 3 is 3.07 bits per heavy atom. The lowest BCUT2D eigenvalue weighted by Crippen LogP contribution is -2.07. The molecule has 0 aromatic carbocycles. The number of anilines is 1. The number of nitrogens with zero attached hydrogens (tertiary/aromatic N) is 1. The zero-order valence-electron chi connectivity index (χ0n) is 8.92. The molecule has 0 amide bonds. The topological polar surface area (TPSA) is 60.9 Å². The molecule has 1 heterocycles. The fraction of sp³-hybridized carbons (Fsp3) is 0.600. The van der Waals surface area contributed by atoms with Gasteiger partial charge in [0, 0.05) is 25.6 Å². The third-order valence-corrected chi connectivity index (χ3v) is 2.14. The molecule has 0 saturated heterocycles. The quantitative estimate of drug-likeness (QED) is 0.513. The Bertz CT molecular complexity index is 351. The van der Waals surface area contributed by atoms with Crippen molar-refractivity contribution in [1.82, 2.24) is 9.97 Å². The van der Waals surface area contributed by atoms with Crippen LogP contribution in [0.4, 0.5) is 5.82 Å². The summed E-state index contributed by atoms with van der Waals surface area (Å²) in [5.74, 6) is 1.79. The Hall–Kier alpha value is -0.940. The van der Waals surface area contributed by atoms with Crippen LogP contribution in [0.3, 0.4) is 0 Å². The van der Waals surface area contributed by atoms with E-state index in [4.69, 9.17) is 17.3 Å². The average molecular weight is 227 g/mol. The Labute approximate surface area is 94.8 Å². The predicted molar refractivity (Wildman–Crippen MR) is 63.6 cm³/mol. The summed E-state index contributed by atoms with van der Waals surface area (Å²) in [7, 11) is 0. The second-order valence-electron chi connectivity index (χ2n) is 3.33. The molecule has 1 aromatic heterocycles. The summed E-state index contributed by atoms with van der Waals surface area (Å²) in [4.78, 5) is 7.40. The van der Waals surface area contributed by atoms with E-state index in [1.165, 1.54) is 0 Å². The lowest BCUT2D eigenvalue weighted by atomic mass is 10.3. The maximum Gasteiger partial charge on any atom is 0.131 e. The van der Waals surface area contributed by atoms with E-state index in [1.807, 2.05) is 0 Å². The second kappa shape index (κ2) is 6.53. The number of hydrogen-bond donors (Lipinski definition) is 3. The molecular weight excluding hydrogens is 210 g/mol. The lowest BCUT2D eigenvalue weighted by molar-refractivity contribution is 0.292. The molecule has 84 valence electrons. The van der Waals surface area contributed by atoms with Crippen LogP contribution in [0.1, 0.15) is 25.6 Å². The van der Waals surface area contributed by atoms with Gasteiger partial charge in [0.2, 0.25) is 0 Å². The average Bonchev–Trinajstić information content (AvgIpc) is 2.18. The number of aliphatic hydroxyl groups excluding tert-OH is 1. The lowest BCUT2D eigenvalue weighted by Gasteiger charge is -2.07. The molecule has 0 saturated carbocycles. The molecule has 0 fully saturated rings. The van der Waals surface area contributed by atoms with Gasteiger partial charge in [-0.2, -0.15) is 0 Å². The highest BCUT2D eigenvalue weighted by Gasteiger charge is 1.97. The molecule has 0 atom stereocenters. The van der Waals surface area contributed by atoms with Gasteiger partial charge in [-0.25, -0.2) is 4.98 Å². The number of aryl methyl sites for hydroxylation is 1. The van der Waals surface area contributed by atoms with Gasteiger partial charge in [-0.1, -0.05) is 19.1 Å². The van der Waals surface area contributed by atoms with E-state index in [2.05, 4.69) is 22.2 Å². The van der Waals surface area contributed by atoms with Crippen molar-refractivity contribution in [3.8, 4) is 0 Å². The van der Waals surface area contributed by atoms with Crippen LogP contribution < -0.4 is 5.32 Å². The van der Waals surface area contributed by atoms with Crippen molar-refractivity contribution in [1.29, 1.82) is 0 Å². The third-order valence-electron chi connectivity index (χ3n) is 1.93. The van der Waals surface area contributed by atoms with Gasteiger partial charge < -0.3 is 15.4 Å². The third kappa shape index (κ3) is 4.40. The van der Waals surface area contributed by atoms with E-state index in [9.17, 15) is 0 Å². The van der Waals surface area contributed by atoms with Gasteiger partial charge in [0.15, 0.2) is 0 Å². The fourth-order valence-corrected chi connectivity index (χ4v) is 1.49. The highest BCUT2D eigenvalue weighted by molar-refractivity contribution is 7.71. The molecule has 5 heteroatoms. The normalized spacial score (nSPS) is 10.3. The van der Waals surface area contributed by atoms with Crippen molar-refractivity contribution in [2.75, 3.05) is 18.5 Å². The van der Waals surface area contributed by atoms with Crippen LogP contribution in [0, 0.1) is 4.64 Å². The highest BCUT2D eigenvalue weighted by atomic mass is 32.1. The zero-order chi connectivity index (χ0) is 11.1. The Morgan fingerprint density at radius 1 is 1.60 bits per heavy atom. The number of aromatic nitrogens is 2. The van der Waals surface area contributed by atoms with Crippen molar-refractivity contribution in [2.45, 2.75) is 26.2 Å². The number of aromatic amines is 1. The van der Waals surface area contributed by atoms with Crippen LogP contribution in [0.2, 0.25) is 0 Å².